The zero-order valence-corrected chi connectivity index (χ0v) is 11.9. The third-order valence-electron chi connectivity index (χ3n) is 2.74. The number of benzene rings is 1. The fraction of sp³-hybridized carbons (Fsp3) is 0.214. The molecule has 0 atom stereocenters. The molecule has 1 heterocycles. The molecule has 0 radical (unpaired) electrons. The second-order valence-electron chi connectivity index (χ2n) is 3.97. The average Bonchev–Trinajstić information content (AvgIpc) is 2.47. The van der Waals surface area contributed by atoms with Gasteiger partial charge in [0.15, 0.2) is 11.5 Å². The summed E-state index contributed by atoms with van der Waals surface area (Å²) in [5.41, 5.74) is 0.926. The lowest BCUT2D eigenvalue weighted by atomic mass is 10.2. The maximum Gasteiger partial charge on any atom is 0.184 e. The second-order valence-corrected chi connectivity index (χ2v) is 4.41. The predicted molar refractivity (Wildman–Crippen MR) is 76.1 cm³/mol. The van der Waals surface area contributed by atoms with Crippen LogP contribution in [0.2, 0.25) is 5.02 Å². The molecule has 4 nitrogen and oxygen atoms in total. The van der Waals surface area contributed by atoms with Crippen molar-refractivity contribution in [3.8, 4) is 11.5 Å². The minimum Gasteiger partial charge on any atom is -0.493 e. The molecule has 6 heteroatoms. The summed E-state index contributed by atoms with van der Waals surface area (Å²) in [5, 5.41) is 3.40. The van der Waals surface area contributed by atoms with Crippen LogP contribution in [-0.4, -0.2) is 19.2 Å². The summed E-state index contributed by atoms with van der Waals surface area (Å²) in [7, 11) is 3.08. The number of hydrogen-bond donors (Lipinski definition) is 1. The van der Waals surface area contributed by atoms with Crippen LogP contribution in [0.1, 0.15) is 5.69 Å². The Bertz CT molecular complexity index is 608. The molecule has 2 rings (SSSR count). The van der Waals surface area contributed by atoms with Crippen molar-refractivity contribution in [2.24, 2.45) is 0 Å². The summed E-state index contributed by atoms with van der Waals surface area (Å²) in [6.45, 7) is 0.289. The lowest BCUT2D eigenvalue weighted by Crippen LogP contribution is -2.06. The summed E-state index contributed by atoms with van der Waals surface area (Å²) in [6.07, 6.45) is 1.60. The standard InChI is InChI=1S/C14H14ClFN2O2/c1-19-13-5-6-17-12(14(13)20-2)8-18-11-7-9(15)3-4-10(11)16/h3-7,18H,8H2,1-2H3. The van der Waals surface area contributed by atoms with E-state index in [0.29, 0.717) is 27.9 Å². The van der Waals surface area contributed by atoms with E-state index in [2.05, 4.69) is 10.3 Å². The molecule has 0 spiro atoms. The number of halogens is 2. The second kappa shape index (κ2) is 6.43. The highest BCUT2D eigenvalue weighted by Gasteiger charge is 2.11. The van der Waals surface area contributed by atoms with E-state index in [4.69, 9.17) is 21.1 Å². The Labute approximate surface area is 121 Å². The summed E-state index contributed by atoms with van der Waals surface area (Å²) >= 11 is 5.84. The Kier molecular flexibility index (Phi) is 4.63. The molecule has 0 aliphatic carbocycles. The quantitative estimate of drug-likeness (QED) is 0.917. The summed E-state index contributed by atoms with van der Waals surface area (Å²) in [5.74, 6) is 0.715. The van der Waals surface area contributed by atoms with Crippen molar-refractivity contribution in [2.75, 3.05) is 19.5 Å². The number of nitrogens with one attached hydrogen (secondary N) is 1. The van der Waals surface area contributed by atoms with Crippen LogP contribution in [0.4, 0.5) is 10.1 Å². The lowest BCUT2D eigenvalue weighted by molar-refractivity contribution is 0.350. The van der Waals surface area contributed by atoms with Crippen molar-refractivity contribution in [3.63, 3.8) is 0 Å². The van der Waals surface area contributed by atoms with E-state index in [0.717, 1.165) is 0 Å². The summed E-state index contributed by atoms with van der Waals surface area (Å²) < 4.78 is 24.0. The smallest absolute Gasteiger partial charge is 0.184 e. The molecule has 0 unspecified atom stereocenters. The number of nitrogens with zero attached hydrogens (tertiary/aromatic N) is 1. The first-order chi connectivity index (χ1) is 9.65. The van der Waals surface area contributed by atoms with Crippen LogP contribution in [0.25, 0.3) is 0 Å². The van der Waals surface area contributed by atoms with E-state index < -0.39 is 0 Å². The van der Waals surface area contributed by atoms with Gasteiger partial charge in [0, 0.05) is 17.3 Å². The Balaban J connectivity index is 2.20. The molecule has 20 heavy (non-hydrogen) atoms. The van der Waals surface area contributed by atoms with Crippen LogP contribution in [0, 0.1) is 5.82 Å². The number of pyridine rings is 1. The Hall–Kier alpha value is -2.01. The highest BCUT2D eigenvalue weighted by molar-refractivity contribution is 6.30. The van der Waals surface area contributed by atoms with Gasteiger partial charge in [-0.05, 0) is 18.2 Å². The van der Waals surface area contributed by atoms with Gasteiger partial charge in [0.2, 0.25) is 0 Å². The molecule has 0 fully saturated rings. The SMILES string of the molecule is COc1ccnc(CNc2cc(Cl)ccc2F)c1OC. The van der Waals surface area contributed by atoms with Crippen molar-refractivity contribution in [1.82, 2.24) is 4.98 Å². The fourth-order valence-corrected chi connectivity index (χ4v) is 1.96. The Morgan fingerprint density at radius 2 is 2.05 bits per heavy atom. The zero-order chi connectivity index (χ0) is 14.5. The molecule has 0 aliphatic heterocycles. The first kappa shape index (κ1) is 14.4. The van der Waals surface area contributed by atoms with Crippen LogP contribution in [-0.2, 0) is 6.54 Å². The molecule has 0 saturated heterocycles. The third kappa shape index (κ3) is 3.11. The summed E-state index contributed by atoms with van der Waals surface area (Å²) in [6, 6.07) is 6.01. The first-order valence-electron chi connectivity index (χ1n) is 5.90. The van der Waals surface area contributed by atoms with E-state index in [-0.39, 0.29) is 12.4 Å². The third-order valence-corrected chi connectivity index (χ3v) is 2.98. The molecular formula is C14H14ClFN2O2. The lowest BCUT2D eigenvalue weighted by Gasteiger charge is -2.13. The number of anilines is 1. The molecule has 1 aromatic carbocycles. The van der Waals surface area contributed by atoms with Gasteiger partial charge in [-0.25, -0.2) is 4.39 Å². The fourth-order valence-electron chi connectivity index (χ4n) is 1.79. The summed E-state index contributed by atoms with van der Waals surface area (Å²) in [4.78, 5) is 4.20. The predicted octanol–water partition coefficient (Wildman–Crippen LogP) is 3.50. The highest BCUT2D eigenvalue weighted by Crippen LogP contribution is 2.29. The van der Waals surface area contributed by atoms with E-state index in [1.807, 2.05) is 0 Å². The van der Waals surface area contributed by atoms with Crippen LogP contribution in [0.15, 0.2) is 30.5 Å². The molecule has 0 aliphatic rings. The van der Waals surface area contributed by atoms with Gasteiger partial charge in [0.1, 0.15) is 11.5 Å². The number of methoxy groups -OCH3 is 2. The van der Waals surface area contributed by atoms with Gasteiger partial charge in [-0.15, -0.1) is 0 Å². The van der Waals surface area contributed by atoms with E-state index in [1.165, 1.54) is 25.3 Å². The van der Waals surface area contributed by atoms with Crippen LogP contribution < -0.4 is 14.8 Å². The number of rotatable bonds is 5. The van der Waals surface area contributed by atoms with E-state index in [1.54, 1.807) is 19.4 Å². The Morgan fingerprint density at radius 1 is 1.25 bits per heavy atom. The van der Waals surface area contributed by atoms with Gasteiger partial charge in [0.05, 0.1) is 26.5 Å². The van der Waals surface area contributed by atoms with Crippen LogP contribution in [0.5, 0.6) is 11.5 Å². The van der Waals surface area contributed by atoms with Crippen molar-refractivity contribution >= 4 is 17.3 Å². The molecule has 0 bridgehead atoms. The van der Waals surface area contributed by atoms with Gasteiger partial charge in [-0.2, -0.15) is 0 Å². The number of aromatic nitrogens is 1. The number of ether oxygens (including phenoxy) is 2. The largest absolute Gasteiger partial charge is 0.493 e. The minimum atomic E-state index is -0.378. The normalized spacial score (nSPS) is 10.2. The van der Waals surface area contributed by atoms with Gasteiger partial charge >= 0.3 is 0 Å². The van der Waals surface area contributed by atoms with Crippen LogP contribution in [0.3, 0.4) is 0 Å². The van der Waals surface area contributed by atoms with Gasteiger partial charge < -0.3 is 14.8 Å². The topological polar surface area (TPSA) is 43.4 Å². The van der Waals surface area contributed by atoms with Crippen molar-refractivity contribution in [1.29, 1.82) is 0 Å². The first-order valence-corrected chi connectivity index (χ1v) is 6.28. The monoisotopic (exact) mass is 296 g/mol. The Morgan fingerprint density at radius 3 is 2.75 bits per heavy atom. The van der Waals surface area contributed by atoms with E-state index in [9.17, 15) is 4.39 Å². The molecule has 106 valence electrons. The zero-order valence-electron chi connectivity index (χ0n) is 11.1. The maximum absolute atomic E-state index is 13.6. The van der Waals surface area contributed by atoms with Crippen molar-refractivity contribution in [3.05, 3.63) is 47.0 Å². The van der Waals surface area contributed by atoms with Crippen molar-refractivity contribution < 1.29 is 13.9 Å². The van der Waals surface area contributed by atoms with Gasteiger partial charge in [0.25, 0.3) is 0 Å². The average molecular weight is 297 g/mol. The molecule has 1 N–H and O–H groups in total. The van der Waals surface area contributed by atoms with Crippen molar-refractivity contribution in [2.45, 2.75) is 6.54 Å². The molecule has 0 saturated carbocycles. The highest BCUT2D eigenvalue weighted by atomic mass is 35.5. The van der Waals surface area contributed by atoms with E-state index >= 15 is 0 Å². The molecular weight excluding hydrogens is 283 g/mol. The van der Waals surface area contributed by atoms with Gasteiger partial charge in [-0.1, -0.05) is 11.6 Å². The minimum absolute atomic E-state index is 0.289. The molecule has 2 aromatic rings. The molecule has 0 amide bonds. The van der Waals surface area contributed by atoms with Crippen LogP contribution >= 0.6 is 11.6 Å². The maximum atomic E-state index is 13.6. The molecule has 1 aromatic heterocycles. The number of hydrogen-bond acceptors (Lipinski definition) is 4. The van der Waals surface area contributed by atoms with Gasteiger partial charge in [-0.3, -0.25) is 4.98 Å².